The summed E-state index contributed by atoms with van der Waals surface area (Å²) in [6, 6.07) is 15.4. The Labute approximate surface area is 529 Å². The highest BCUT2D eigenvalue weighted by Crippen LogP contribution is 2.40. The smallest absolute Gasteiger partial charge is 0.246 e. The Balaban J connectivity index is 0.000000206. The highest BCUT2D eigenvalue weighted by atomic mass is 35.5. The van der Waals surface area contributed by atoms with E-state index in [4.69, 9.17) is 54.3 Å². The van der Waals surface area contributed by atoms with E-state index in [1.54, 1.807) is 63.0 Å². The summed E-state index contributed by atoms with van der Waals surface area (Å²) < 4.78 is 10.2. The summed E-state index contributed by atoms with van der Waals surface area (Å²) in [6.45, 7) is 28.3. The van der Waals surface area contributed by atoms with Gasteiger partial charge in [0.1, 0.15) is 33.3 Å². The van der Waals surface area contributed by atoms with Gasteiger partial charge in [-0.2, -0.15) is 0 Å². The fourth-order valence-corrected chi connectivity index (χ4v) is 12.2. The minimum Gasteiger partial charge on any atom is -0.378 e. The molecule has 0 unspecified atom stereocenters. The predicted octanol–water partition coefficient (Wildman–Crippen LogP) is 8.81. The number of hydrogen-bond acceptors (Lipinski definition) is 16. The number of nitrogens with one attached hydrogen (secondary N) is 7. The highest BCUT2D eigenvalue weighted by molar-refractivity contribution is 7.17. The number of morpholine rings is 2. The molecule has 4 aromatic rings. The molecule has 87 heavy (non-hydrogen) atoms. The van der Waals surface area contributed by atoms with Gasteiger partial charge in [0.05, 0.1) is 50.9 Å². The van der Waals surface area contributed by atoms with Gasteiger partial charge < -0.3 is 40.1 Å². The molecule has 0 radical (unpaired) electrons. The van der Waals surface area contributed by atoms with E-state index in [2.05, 4.69) is 67.5 Å². The molecule has 1 aliphatic carbocycles. The second-order valence-corrected chi connectivity index (χ2v) is 24.3. The van der Waals surface area contributed by atoms with Gasteiger partial charge >= 0.3 is 0 Å². The van der Waals surface area contributed by atoms with E-state index in [0.717, 1.165) is 113 Å². The number of thiophene rings is 2. The second kappa shape index (κ2) is 35.1. The number of amidine groups is 4. The maximum Gasteiger partial charge on any atom is 0.246 e. The van der Waals surface area contributed by atoms with Gasteiger partial charge in [0.2, 0.25) is 30.0 Å². The molecule has 1 saturated carbocycles. The number of carbonyl (C=O) groups is 5. The van der Waals surface area contributed by atoms with E-state index >= 15 is 0 Å². The molecule has 0 atom stereocenters. The first-order valence-electron chi connectivity index (χ1n) is 29.0. The SMILES string of the molecule is CC(=N)N1C(=N)CN=C(c2ccc(Cl)cc2)c2c1sc(C)c2C.CC(=N)N1C(=N)CN=C(c2ccc(Cl)cc2)c2c1sc(C)c2C.CC(=O)N1CCNCC1.CC(=O)NC1CC(NC(=O)/C=C/C(=O)N2CCOCC2)C1.CCC.O=CN1CCOCC1. The van der Waals surface area contributed by atoms with Crippen LogP contribution in [0.3, 0.4) is 0 Å². The molecule has 5 aliphatic heterocycles. The fraction of sp³-hybridized carbons (Fsp3) is 0.468. The largest absolute Gasteiger partial charge is 0.378 e. The van der Waals surface area contributed by atoms with Gasteiger partial charge in [-0.25, -0.2) is 0 Å². The first-order valence-corrected chi connectivity index (χ1v) is 31.4. The lowest BCUT2D eigenvalue weighted by molar-refractivity contribution is -0.130. The Kier molecular flexibility index (Phi) is 28.6. The minimum atomic E-state index is -0.275. The molecular weight excluding hydrogens is 1190 g/mol. The van der Waals surface area contributed by atoms with Crippen molar-refractivity contribution in [1.82, 2.24) is 30.7 Å². The van der Waals surface area contributed by atoms with Crippen molar-refractivity contribution in [2.75, 3.05) is 102 Å². The summed E-state index contributed by atoms with van der Waals surface area (Å²) in [5, 5.41) is 44.6. The van der Waals surface area contributed by atoms with Crippen molar-refractivity contribution in [3.63, 3.8) is 0 Å². The Hall–Kier alpha value is -6.99. The quantitative estimate of drug-likeness (QED) is 0.0400. The number of halogens is 2. The number of rotatable bonds is 7. The van der Waals surface area contributed by atoms with E-state index in [1.807, 2.05) is 53.4 Å². The molecule has 10 rings (SSSR count). The second-order valence-electron chi connectivity index (χ2n) is 21.1. The average Bonchev–Trinajstić information content (AvgIpc) is 1.68. The van der Waals surface area contributed by atoms with Crippen LogP contribution in [-0.2, 0) is 33.4 Å². The number of aryl methyl sites for hydroxylation is 2. The highest BCUT2D eigenvalue weighted by Gasteiger charge is 2.32. The number of benzene rings is 2. The van der Waals surface area contributed by atoms with Gasteiger partial charge in [-0.15, -0.1) is 22.7 Å². The molecule has 7 heterocycles. The summed E-state index contributed by atoms with van der Waals surface area (Å²) in [5.74, 6) is 1.02. The van der Waals surface area contributed by atoms with Gasteiger partial charge in [0.15, 0.2) is 0 Å². The lowest BCUT2D eigenvalue weighted by Gasteiger charge is -2.35. The standard InChI is InChI=1S/2C17H17ClN4S.C14H21N3O4.C6H12N2O.C5H9NO2.C3H8/c2*1-9-10(2)23-17-15(9)16(12-4-6-13(18)7-5-12)21-8-14(20)22(17)11(3)19;1-10(18)15-11-8-12(9-11)16-13(19)2-3-14(20)17-4-6-21-7-5-17;1-6(9)8-4-2-7-3-5-8;7-5-6-1-3-8-4-2-6;1-3-2/h2*4-7,19-20H,8H2,1-3H3;2-3,11-12H,4-9H2,1H3,(H,15,18)(H,16,19);7H,2-5H2,1H3;5H,1-4H2;3H2,1-2H3/b;;3-2+;;;. The van der Waals surface area contributed by atoms with E-state index < -0.39 is 0 Å². The fourth-order valence-electron chi connectivity index (χ4n) is 9.43. The van der Waals surface area contributed by atoms with Crippen LogP contribution in [0.15, 0.2) is 70.7 Å². The first kappa shape index (κ1) is 70.8. The Morgan fingerprint density at radius 3 is 1.43 bits per heavy atom. The average molecular weight is 1270 g/mol. The maximum absolute atomic E-state index is 11.8. The van der Waals surface area contributed by atoms with Crippen LogP contribution in [-0.4, -0.2) is 183 Å². The lowest BCUT2D eigenvalue weighted by Crippen LogP contribution is -2.53. The van der Waals surface area contributed by atoms with Gasteiger partial charge in [-0.3, -0.25) is 65.4 Å². The van der Waals surface area contributed by atoms with Gasteiger partial charge in [-0.05, 0) is 89.8 Å². The van der Waals surface area contributed by atoms with Crippen LogP contribution in [0.4, 0.5) is 10.0 Å². The topological polar surface area (TPSA) is 276 Å². The molecule has 0 spiro atoms. The van der Waals surface area contributed by atoms with Crippen molar-refractivity contribution < 1.29 is 33.4 Å². The zero-order valence-corrected chi connectivity index (χ0v) is 54.7. The molecule has 6 aliphatic rings. The van der Waals surface area contributed by atoms with E-state index in [9.17, 15) is 24.0 Å². The molecule has 25 heteroatoms. The zero-order valence-electron chi connectivity index (χ0n) is 51.6. The number of fused-ring (bicyclic) bond motifs is 2. The van der Waals surface area contributed by atoms with Crippen LogP contribution in [0.2, 0.25) is 10.0 Å². The van der Waals surface area contributed by atoms with Crippen molar-refractivity contribution in [2.45, 2.75) is 101 Å². The van der Waals surface area contributed by atoms with Crippen molar-refractivity contribution in [3.05, 3.63) is 114 Å². The van der Waals surface area contributed by atoms with Crippen molar-refractivity contribution in [2.24, 2.45) is 9.98 Å². The number of anilines is 2. The number of amides is 5. The van der Waals surface area contributed by atoms with Crippen LogP contribution in [0, 0.1) is 49.3 Å². The van der Waals surface area contributed by atoms with Crippen LogP contribution in [0.1, 0.15) is 104 Å². The maximum atomic E-state index is 11.8. The zero-order chi connectivity index (χ0) is 63.9. The van der Waals surface area contributed by atoms with Crippen molar-refractivity contribution in [1.29, 1.82) is 21.6 Å². The molecular formula is C62H84Cl2N14O7S2. The Bertz CT molecular complexity index is 3010. The number of carbonyl (C=O) groups excluding carboxylic acids is 5. The van der Waals surface area contributed by atoms with Crippen LogP contribution < -0.4 is 25.8 Å². The monoisotopic (exact) mass is 1270 g/mol. The normalized spacial score (nSPS) is 17.9. The number of ether oxygens (including phenoxy) is 2. The number of hydrogen-bond donors (Lipinski definition) is 7. The third-order valence-electron chi connectivity index (χ3n) is 14.2. The summed E-state index contributed by atoms with van der Waals surface area (Å²) in [5.41, 5.74) is 8.04. The number of aliphatic imine (C=N–C) groups is 2. The van der Waals surface area contributed by atoms with E-state index in [1.165, 1.54) is 35.3 Å². The molecule has 3 saturated heterocycles. The summed E-state index contributed by atoms with van der Waals surface area (Å²) >= 11 is 15.2. The molecule has 2 aromatic heterocycles. The summed E-state index contributed by atoms with van der Waals surface area (Å²) in [6.07, 6.45) is 6.14. The first-order chi connectivity index (χ1) is 41.5. The minimum absolute atomic E-state index is 0.0548. The molecule has 21 nitrogen and oxygen atoms in total. The Morgan fingerprint density at radius 2 is 1.06 bits per heavy atom. The van der Waals surface area contributed by atoms with Gasteiger partial charge in [-0.1, -0.05) is 67.7 Å². The molecule has 4 fully saturated rings. The number of nitrogens with zero attached hydrogens (tertiary/aromatic N) is 7. The summed E-state index contributed by atoms with van der Waals surface area (Å²) in [7, 11) is 0. The number of piperazine rings is 1. The molecule has 2 aromatic carbocycles. The van der Waals surface area contributed by atoms with Crippen molar-refractivity contribution >= 4 is 121 Å². The molecule has 470 valence electrons. The van der Waals surface area contributed by atoms with Crippen LogP contribution >= 0.6 is 45.9 Å². The van der Waals surface area contributed by atoms with Gasteiger partial charge in [0.25, 0.3) is 0 Å². The van der Waals surface area contributed by atoms with E-state index in [-0.39, 0.29) is 48.8 Å². The predicted molar refractivity (Wildman–Crippen MR) is 354 cm³/mol. The van der Waals surface area contributed by atoms with Gasteiger partial charge in [0, 0.05) is 132 Å². The van der Waals surface area contributed by atoms with Crippen LogP contribution in [0.25, 0.3) is 0 Å². The molecule has 0 bridgehead atoms. The van der Waals surface area contributed by atoms with Crippen LogP contribution in [0.5, 0.6) is 0 Å². The summed E-state index contributed by atoms with van der Waals surface area (Å²) in [4.78, 5) is 75.3. The molecule has 7 N–H and O–H groups in total. The van der Waals surface area contributed by atoms with Crippen molar-refractivity contribution in [3.8, 4) is 0 Å². The Morgan fingerprint density at radius 1 is 0.644 bits per heavy atom. The lowest BCUT2D eigenvalue weighted by atomic mass is 9.86. The van der Waals surface area contributed by atoms with E-state index in [0.29, 0.717) is 72.9 Å². The third kappa shape index (κ3) is 20.8. The molecule has 5 amide bonds. The third-order valence-corrected chi connectivity index (χ3v) is 17.1.